The van der Waals surface area contributed by atoms with Gasteiger partial charge in [0.25, 0.3) is 0 Å². The third-order valence-electron chi connectivity index (χ3n) is 4.87. The Hall–Kier alpha value is -1.77. The number of primary amides is 1. The first-order valence-corrected chi connectivity index (χ1v) is 8.96. The summed E-state index contributed by atoms with van der Waals surface area (Å²) in [7, 11) is 1.81. The summed E-state index contributed by atoms with van der Waals surface area (Å²) >= 11 is 0. The Kier molecular flexibility index (Phi) is 7.74. The second-order valence-electron chi connectivity index (χ2n) is 6.71. The van der Waals surface area contributed by atoms with Gasteiger partial charge in [0, 0.05) is 50.2 Å². The number of hydrogen-bond acceptors (Lipinski definition) is 2. The summed E-state index contributed by atoms with van der Waals surface area (Å²) in [6.07, 6.45) is 5.61. The molecule has 4 N–H and O–H groups in total. The zero-order chi connectivity index (χ0) is 17.6. The summed E-state index contributed by atoms with van der Waals surface area (Å²) in [5.74, 6) is 1.03. The fraction of sp³-hybridized carbons (Fsp3) is 0.474. The molecule has 26 heavy (non-hydrogen) atoms. The average molecular weight is 469 g/mol. The molecule has 1 aromatic heterocycles. The number of rotatable bonds is 5. The Labute approximate surface area is 171 Å². The number of halogens is 1. The van der Waals surface area contributed by atoms with E-state index in [4.69, 9.17) is 5.73 Å². The van der Waals surface area contributed by atoms with Gasteiger partial charge < -0.3 is 20.9 Å². The largest absolute Gasteiger partial charge is 0.370 e. The van der Waals surface area contributed by atoms with E-state index in [9.17, 15) is 4.79 Å². The summed E-state index contributed by atoms with van der Waals surface area (Å²) in [5, 5.41) is 4.74. The number of carbonyl (C=O) groups excluding carboxylic acids is 1. The third kappa shape index (κ3) is 5.12. The number of nitrogens with two attached hydrogens (primary N) is 1. The maximum absolute atomic E-state index is 11.2. The molecule has 2 heterocycles. The van der Waals surface area contributed by atoms with Crippen molar-refractivity contribution in [3.63, 3.8) is 0 Å². The number of aromatic amines is 1. The number of fused-ring (bicyclic) bond motifs is 1. The Morgan fingerprint density at radius 2 is 2.23 bits per heavy atom. The molecule has 1 atom stereocenters. The van der Waals surface area contributed by atoms with E-state index >= 15 is 0 Å². The number of H-pyrrole nitrogens is 1. The molecule has 1 fully saturated rings. The second kappa shape index (κ2) is 9.80. The molecule has 1 aliphatic rings. The lowest BCUT2D eigenvalue weighted by Gasteiger charge is -2.34. The highest BCUT2D eigenvalue weighted by Crippen LogP contribution is 2.20. The number of guanidine groups is 1. The molecule has 0 aliphatic carbocycles. The fourth-order valence-electron chi connectivity index (χ4n) is 3.69. The van der Waals surface area contributed by atoms with Crippen molar-refractivity contribution >= 4 is 46.7 Å². The first kappa shape index (κ1) is 20.5. The molecule has 0 saturated carbocycles. The van der Waals surface area contributed by atoms with E-state index in [2.05, 4.69) is 44.6 Å². The number of hydrogen-bond donors (Lipinski definition) is 3. The Bertz CT molecular complexity index is 757. The highest BCUT2D eigenvalue weighted by molar-refractivity contribution is 14.0. The van der Waals surface area contributed by atoms with Crippen molar-refractivity contribution in [2.24, 2.45) is 16.6 Å². The van der Waals surface area contributed by atoms with Crippen LogP contribution in [0.5, 0.6) is 0 Å². The first-order chi connectivity index (χ1) is 12.2. The van der Waals surface area contributed by atoms with Gasteiger partial charge in [-0.3, -0.25) is 9.79 Å². The van der Waals surface area contributed by atoms with Crippen LogP contribution in [0.15, 0.2) is 35.5 Å². The minimum atomic E-state index is -0.214. The van der Waals surface area contributed by atoms with Gasteiger partial charge in [-0.25, -0.2) is 0 Å². The number of piperidine rings is 1. The number of likely N-dealkylation sites (tertiary alicyclic amines) is 1. The predicted molar refractivity (Wildman–Crippen MR) is 117 cm³/mol. The van der Waals surface area contributed by atoms with Crippen LogP contribution in [0.3, 0.4) is 0 Å². The van der Waals surface area contributed by atoms with E-state index in [0.717, 1.165) is 44.9 Å². The van der Waals surface area contributed by atoms with E-state index < -0.39 is 0 Å². The number of aromatic nitrogens is 1. The van der Waals surface area contributed by atoms with Gasteiger partial charge in [0.2, 0.25) is 5.91 Å². The standard InChI is InChI=1S/C19H27N5O.HI/c1-21-19(24-10-4-5-14(13-24)11-18(20)25)22-9-8-15-12-23-17-7-3-2-6-16(15)17;/h2-3,6-7,12,14,23H,4-5,8-11,13H2,1H3,(H2,20,25)(H,21,22);1H. The molecular formula is C19H28IN5O. The summed E-state index contributed by atoms with van der Waals surface area (Å²) in [6.45, 7) is 2.64. The van der Waals surface area contributed by atoms with Gasteiger partial charge in [-0.15, -0.1) is 24.0 Å². The molecule has 0 bridgehead atoms. The van der Waals surface area contributed by atoms with Gasteiger partial charge in [0.15, 0.2) is 5.96 Å². The lowest BCUT2D eigenvalue weighted by molar-refractivity contribution is -0.119. The summed E-state index contributed by atoms with van der Waals surface area (Å²) in [4.78, 5) is 21.2. The molecule has 2 aromatic rings. The van der Waals surface area contributed by atoms with Crippen molar-refractivity contribution in [3.8, 4) is 0 Å². The topological polar surface area (TPSA) is 86.5 Å². The Balaban J connectivity index is 0.00000243. The van der Waals surface area contributed by atoms with Crippen LogP contribution >= 0.6 is 24.0 Å². The van der Waals surface area contributed by atoms with Crippen LogP contribution in [-0.2, 0) is 11.2 Å². The maximum Gasteiger partial charge on any atom is 0.217 e. The summed E-state index contributed by atoms with van der Waals surface area (Å²) < 4.78 is 0. The van der Waals surface area contributed by atoms with Gasteiger partial charge in [-0.05, 0) is 36.8 Å². The predicted octanol–water partition coefficient (Wildman–Crippen LogP) is 2.49. The molecule has 1 unspecified atom stereocenters. The van der Waals surface area contributed by atoms with Crippen molar-refractivity contribution in [1.29, 1.82) is 0 Å². The van der Waals surface area contributed by atoms with Crippen LogP contribution in [0.4, 0.5) is 0 Å². The van der Waals surface area contributed by atoms with Gasteiger partial charge in [0.05, 0.1) is 0 Å². The monoisotopic (exact) mass is 469 g/mol. The van der Waals surface area contributed by atoms with Gasteiger partial charge in [-0.1, -0.05) is 18.2 Å². The number of benzene rings is 1. The van der Waals surface area contributed by atoms with Crippen LogP contribution in [0.2, 0.25) is 0 Å². The minimum absolute atomic E-state index is 0. The van der Waals surface area contributed by atoms with E-state index in [1.54, 1.807) is 0 Å². The average Bonchev–Trinajstić information content (AvgIpc) is 3.02. The molecule has 0 radical (unpaired) electrons. The zero-order valence-corrected chi connectivity index (χ0v) is 17.5. The van der Waals surface area contributed by atoms with Crippen molar-refractivity contribution in [2.75, 3.05) is 26.7 Å². The second-order valence-corrected chi connectivity index (χ2v) is 6.71. The Morgan fingerprint density at radius 3 is 3.00 bits per heavy atom. The lowest BCUT2D eigenvalue weighted by Crippen LogP contribution is -2.47. The summed E-state index contributed by atoms with van der Waals surface area (Å²) in [5.41, 5.74) is 7.83. The quantitative estimate of drug-likeness (QED) is 0.357. The van der Waals surface area contributed by atoms with Crippen LogP contribution < -0.4 is 11.1 Å². The van der Waals surface area contributed by atoms with Gasteiger partial charge in [-0.2, -0.15) is 0 Å². The number of nitrogens with one attached hydrogen (secondary N) is 2. The van der Waals surface area contributed by atoms with Crippen molar-refractivity contribution in [2.45, 2.75) is 25.7 Å². The molecule has 7 heteroatoms. The number of para-hydroxylation sites is 1. The Morgan fingerprint density at radius 1 is 1.42 bits per heavy atom. The molecule has 1 aromatic carbocycles. The molecule has 1 amide bonds. The van der Waals surface area contributed by atoms with E-state index in [1.165, 1.54) is 16.5 Å². The molecule has 1 aliphatic heterocycles. The number of nitrogens with zero attached hydrogens (tertiary/aromatic N) is 2. The summed E-state index contributed by atoms with van der Waals surface area (Å²) in [6, 6.07) is 8.35. The van der Waals surface area contributed by atoms with E-state index in [-0.39, 0.29) is 29.9 Å². The van der Waals surface area contributed by atoms with Crippen LogP contribution in [0.25, 0.3) is 10.9 Å². The molecule has 1 saturated heterocycles. The lowest BCUT2D eigenvalue weighted by atomic mass is 9.95. The van der Waals surface area contributed by atoms with Crippen molar-refractivity contribution < 1.29 is 4.79 Å². The smallest absolute Gasteiger partial charge is 0.217 e. The number of aliphatic imine (C=N–C) groups is 1. The van der Waals surface area contributed by atoms with Crippen molar-refractivity contribution in [1.82, 2.24) is 15.2 Å². The van der Waals surface area contributed by atoms with E-state index in [1.807, 2.05) is 13.1 Å². The SMILES string of the molecule is CN=C(NCCc1c[nH]c2ccccc12)N1CCCC(CC(N)=O)C1.I. The molecule has 0 spiro atoms. The fourth-order valence-corrected chi connectivity index (χ4v) is 3.69. The first-order valence-electron chi connectivity index (χ1n) is 8.96. The number of amides is 1. The highest BCUT2D eigenvalue weighted by atomic mass is 127. The molecule has 142 valence electrons. The molecule has 3 rings (SSSR count). The maximum atomic E-state index is 11.2. The normalized spacial score (nSPS) is 17.8. The zero-order valence-electron chi connectivity index (χ0n) is 15.2. The molecular weight excluding hydrogens is 441 g/mol. The highest BCUT2D eigenvalue weighted by Gasteiger charge is 2.23. The van der Waals surface area contributed by atoms with Crippen molar-refractivity contribution in [3.05, 3.63) is 36.0 Å². The minimum Gasteiger partial charge on any atom is -0.370 e. The van der Waals surface area contributed by atoms with Gasteiger partial charge in [0.1, 0.15) is 0 Å². The van der Waals surface area contributed by atoms with Crippen LogP contribution in [0.1, 0.15) is 24.8 Å². The number of carbonyl (C=O) groups is 1. The van der Waals surface area contributed by atoms with Crippen LogP contribution in [0, 0.1) is 5.92 Å². The van der Waals surface area contributed by atoms with E-state index in [0.29, 0.717) is 12.3 Å². The molecule has 6 nitrogen and oxygen atoms in total. The third-order valence-corrected chi connectivity index (χ3v) is 4.87. The van der Waals surface area contributed by atoms with Crippen LogP contribution in [-0.4, -0.2) is 48.4 Å². The van der Waals surface area contributed by atoms with Gasteiger partial charge >= 0.3 is 0 Å².